The Bertz CT molecular complexity index is 1620. The molecule has 4 aromatic carbocycles. The second-order valence-electron chi connectivity index (χ2n) is 10.8. The molecule has 0 aliphatic carbocycles. The van der Waals surface area contributed by atoms with E-state index in [1.165, 1.54) is 11.6 Å². The number of nitrogens with zero attached hydrogens (tertiary/aromatic N) is 2. The van der Waals surface area contributed by atoms with Gasteiger partial charge >= 0.3 is 6.18 Å². The Balaban J connectivity index is 1.52. The van der Waals surface area contributed by atoms with Gasteiger partial charge in [-0.3, -0.25) is 0 Å². The van der Waals surface area contributed by atoms with E-state index >= 15 is 0 Å². The zero-order valence-corrected chi connectivity index (χ0v) is 24.8. The first-order valence-electron chi connectivity index (χ1n) is 13.7. The van der Waals surface area contributed by atoms with E-state index < -0.39 is 11.7 Å². The van der Waals surface area contributed by atoms with Crippen molar-refractivity contribution >= 4 is 27.0 Å². The van der Waals surface area contributed by atoms with Gasteiger partial charge in [0.1, 0.15) is 18.2 Å². The van der Waals surface area contributed by atoms with Crippen molar-refractivity contribution in [2.75, 3.05) is 0 Å². The smallest absolute Gasteiger partial charge is 0.416 e. The highest BCUT2D eigenvalue weighted by Gasteiger charge is 2.33. The third-order valence-electron chi connectivity index (χ3n) is 7.23. The molecule has 0 amide bonds. The Morgan fingerprint density at radius 1 is 0.854 bits per heavy atom. The van der Waals surface area contributed by atoms with Gasteiger partial charge < -0.3 is 9.30 Å². The van der Waals surface area contributed by atoms with Crippen LogP contribution in [0.2, 0.25) is 0 Å². The molecule has 5 aromatic rings. The molecule has 1 heterocycles. The Morgan fingerprint density at radius 3 is 2.22 bits per heavy atom. The number of aromatic nitrogens is 2. The van der Waals surface area contributed by atoms with Crippen LogP contribution >= 0.6 is 15.9 Å². The molecule has 7 heteroatoms. The Morgan fingerprint density at radius 2 is 1.54 bits per heavy atom. The summed E-state index contributed by atoms with van der Waals surface area (Å²) in [6, 6.07) is 27.7. The molecule has 0 saturated carbocycles. The maximum atomic E-state index is 13.9. The minimum Gasteiger partial charge on any atom is -0.489 e. The molecule has 1 aromatic heterocycles. The molecule has 1 atom stereocenters. The van der Waals surface area contributed by atoms with Gasteiger partial charge in [-0.15, -0.1) is 0 Å². The number of imidazole rings is 1. The Labute approximate surface area is 247 Å². The molecule has 0 saturated heterocycles. The zero-order valence-electron chi connectivity index (χ0n) is 23.3. The molecule has 212 valence electrons. The van der Waals surface area contributed by atoms with Gasteiger partial charge in [0.25, 0.3) is 0 Å². The highest BCUT2D eigenvalue weighted by molar-refractivity contribution is 9.10. The molecule has 5 rings (SSSR count). The zero-order chi connectivity index (χ0) is 29.1. The number of alkyl halides is 3. The second-order valence-corrected chi connectivity index (χ2v) is 11.8. The van der Waals surface area contributed by atoms with E-state index in [0.29, 0.717) is 29.6 Å². The molecular weight excluding hydrogens is 589 g/mol. The van der Waals surface area contributed by atoms with E-state index in [2.05, 4.69) is 61.0 Å². The maximum Gasteiger partial charge on any atom is 0.416 e. The van der Waals surface area contributed by atoms with Crippen LogP contribution < -0.4 is 4.74 Å². The molecule has 0 N–H and O–H groups in total. The van der Waals surface area contributed by atoms with Crippen LogP contribution in [0.25, 0.3) is 11.0 Å². The van der Waals surface area contributed by atoms with Crippen molar-refractivity contribution in [2.24, 2.45) is 5.92 Å². The van der Waals surface area contributed by atoms with Gasteiger partial charge in [0, 0.05) is 23.0 Å². The van der Waals surface area contributed by atoms with Gasteiger partial charge in [0.05, 0.1) is 16.6 Å². The maximum absolute atomic E-state index is 13.9. The van der Waals surface area contributed by atoms with Gasteiger partial charge in [-0.25, -0.2) is 4.98 Å². The molecule has 0 spiro atoms. The second kappa shape index (κ2) is 12.1. The van der Waals surface area contributed by atoms with Crippen LogP contribution in [0.5, 0.6) is 5.75 Å². The van der Waals surface area contributed by atoms with E-state index in [1.807, 2.05) is 47.0 Å². The minimum atomic E-state index is -4.45. The lowest BCUT2D eigenvalue weighted by Gasteiger charge is -2.18. The first kappa shape index (κ1) is 28.9. The molecule has 0 bridgehead atoms. The van der Waals surface area contributed by atoms with E-state index in [0.717, 1.165) is 33.6 Å². The van der Waals surface area contributed by atoms with Crippen LogP contribution in [0.1, 0.15) is 60.3 Å². The van der Waals surface area contributed by atoms with Crippen LogP contribution in [0.4, 0.5) is 13.2 Å². The molecule has 0 fully saturated rings. The lowest BCUT2D eigenvalue weighted by molar-refractivity contribution is -0.138. The number of rotatable bonds is 9. The fraction of sp³-hybridized carbons (Fsp3) is 0.265. The van der Waals surface area contributed by atoms with E-state index in [9.17, 15) is 13.2 Å². The summed E-state index contributed by atoms with van der Waals surface area (Å²) in [6.07, 6.45) is -3.45. The van der Waals surface area contributed by atoms with Crippen molar-refractivity contribution in [2.45, 2.75) is 52.4 Å². The lowest BCUT2D eigenvalue weighted by atomic mass is 9.96. The van der Waals surface area contributed by atoms with Gasteiger partial charge in [0.2, 0.25) is 0 Å². The predicted octanol–water partition coefficient (Wildman–Crippen LogP) is 9.80. The quantitative estimate of drug-likeness (QED) is 0.164. The Hall–Kier alpha value is -3.58. The fourth-order valence-electron chi connectivity index (χ4n) is 5.13. The van der Waals surface area contributed by atoms with E-state index in [1.54, 1.807) is 12.1 Å². The number of ether oxygens (including phenoxy) is 1. The third kappa shape index (κ3) is 6.84. The third-order valence-corrected chi connectivity index (χ3v) is 7.76. The van der Waals surface area contributed by atoms with Crippen LogP contribution in [-0.4, -0.2) is 9.55 Å². The number of benzene rings is 4. The first-order valence-corrected chi connectivity index (χ1v) is 14.5. The van der Waals surface area contributed by atoms with Crippen molar-refractivity contribution in [1.29, 1.82) is 0 Å². The van der Waals surface area contributed by atoms with Crippen molar-refractivity contribution in [3.8, 4) is 5.75 Å². The summed E-state index contributed by atoms with van der Waals surface area (Å²) in [7, 11) is 0. The van der Waals surface area contributed by atoms with E-state index in [4.69, 9.17) is 9.72 Å². The normalized spacial score (nSPS) is 12.7. The summed E-state index contributed by atoms with van der Waals surface area (Å²) in [5.41, 5.74) is 4.36. The largest absolute Gasteiger partial charge is 0.489 e. The van der Waals surface area contributed by atoms with Gasteiger partial charge in [-0.1, -0.05) is 91.3 Å². The van der Waals surface area contributed by atoms with Crippen LogP contribution in [0.3, 0.4) is 0 Å². The monoisotopic (exact) mass is 620 g/mol. The van der Waals surface area contributed by atoms with Gasteiger partial charge in [0.15, 0.2) is 0 Å². The highest BCUT2D eigenvalue weighted by Crippen LogP contribution is 2.35. The molecule has 0 aliphatic heterocycles. The molecule has 3 nitrogen and oxygen atoms in total. The highest BCUT2D eigenvalue weighted by atomic mass is 79.9. The number of halogens is 4. The molecule has 0 radical (unpaired) electrons. The molecule has 1 unspecified atom stereocenters. The van der Waals surface area contributed by atoms with Crippen LogP contribution in [0.15, 0.2) is 95.5 Å². The SMILES string of the molecule is CC(C)Cc1ccc(C(C)c2nc3cc(OCc4ccc(Br)cc4)ccc3n2Cc2ccccc2C(F)(F)F)cc1. The van der Waals surface area contributed by atoms with Crippen molar-refractivity contribution in [1.82, 2.24) is 9.55 Å². The van der Waals surface area contributed by atoms with Gasteiger partial charge in [-0.05, 0) is 64.9 Å². The Kier molecular flexibility index (Phi) is 8.55. The topological polar surface area (TPSA) is 27.1 Å². The molecule has 41 heavy (non-hydrogen) atoms. The average Bonchev–Trinajstić information content (AvgIpc) is 3.29. The average molecular weight is 622 g/mol. The number of hydrogen-bond acceptors (Lipinski definition) is 2. The molecular formula is C34H32BrF3N2O. The van der Waals surface area contributed by atoms with Crippen molar-refractivity contribution in [3.05, 3.63) is 129 Å². The predicted molar refractivity (Wildman–Crippen MR) is 161 cm³/mol. The fourth-order valence-corrected chi connectivity index (χ4v) is 5.39. The van der Waals surface area contributed by atoms with Crippen LogP contribution in [0, 0.1) is 5.92 Å². The molecule has 0 aliphatic rings. The summed E-state index contributed by atoms with van der Waals surface area (Å²) in [6.45, 7) is 6.87. The van der Waals surface area contributed by atoms with Crippen LogP contribution in [-0.2, 0) is 25.7 Å². The summed E-state index contributed by atoms with van der Waals surface area (Å²) in [4.78, 5) is 4.97. The standard InChI is InChI=1S/C34H32BrF3N2O/c1-22(2)18-24-8-12-26(13-9-24)23(3)33-39-31-19-29(41-21-25-10-14-28(35)15-11-25)16-17-32(31)40(33)20-27-6-4-5-7-30(27)34(36,37)38/h4-17,19,22-23H,18,20-21H2,1-3H3. The van der Waals surface area contributed by atoms with Gasteiger partial charge in [-0.2, -0.15) is 13.2 Å². The summed E-state index contributed by atoms with van der Waals surface area (Å²) in [5.74, 6) is 1.77. The number of hydrogen-bond donors (Lipinski definition) is 0. The van der Waals surface area contributed by atoms with Crippen molar-refractivity contribution < 1.29 is 17.9 Å². The first-order chi connectivity index (χ1) is 19.6. The summed E-state index contributed by atoms with van der Waals surface area (Å²) >= 11 is 3.44. The summed E-state index contributed by atoms with van der Waals surface area (Å²) in [5, 5.41) is 0. The minimum absolute atomic E-state index is 0.0520. The number of fused-ring (bicyclic) bond motifs is 1. The summed E-state index contributed by atoms with van der Waals surface area (Å²) < 4.78 is 50.6. The van der Waals surface area contributed by atoms with Crippen molar-refractivity contribution in [3.63, 3.8) is 0 Å². The van der Waals surface area contributed by atoms with E-state index in [-0.39, 0.29) is 18.0 Å². The lowest BCUT2D eigenvalue weighted by Crippen LogP contribution is -2.14.